The van der Waals surface area contributed by atoms with Crippen LogP contribution in [0.3, 0.4) is 0 Å². The molecule has 1 aromatic rings. The van der Waals surface area contributed by atoms with Gasteiger partial charge in [-0.25, -0.2) is 0 Å². The van der Waals surface area contributed by atoms with Crippen molar-refractivity contribution in [1.82, 2.24) is 0 Å². The topological polar surface area (TPSA) is 44.5 Å². The van der Waals surface area contributed by atoms with E-state index in [1.165, 1.54) is 0 Å². The molecule has 0 radical (unpaired) electrons. The highest BCUT2D eigenvalue weighted by Gasteiger charge is 2.34. The maximum Gasteiger partial charge on any atom is 0.128 e. The summed E-state index contributed by atoms with van der Waals surface area (Å²) in [5, 5.41) is 0. The predicted octanol–water partition coefficient (Wildman–Crippen LogP) is 3.04. The van der Waals surface area contributed by atoms with Gasteiger partial charge in [0.05, 0.1) is 6.61 Å². The molecule has 2 atom stereocenters. The Bertz CT molecular complexity index is 405. The number of benzene rings is 1. The summed E-state index contributed by atoms with van der Waals surface area (Å²) in [4.78, 5) is 0. The van der Waals surface area contributed by atoms with Crippen molar-refractivity contribution in [2.75, 3.05) is 6.61 Å². The number of ether oxygens (including phenoxy) is 2. The lowest BCUT2D eigenvalue weighted by molar-refractivity contribution is 0.0500. The van der Waals surface area contributed by atoms with Gasteiger partial charge in [-0.15, -0.1) is 0 Å². The molecular weight excluding hydrogens is 214 g/mol. The van der Waals surface area contributed by atoms with Gasteiger partial charge >= 0.3 is 0 Å². The molecule has 0 fully saturated rings. The van der Waals surface area contributed by atoms with Crippen LogP contribution in [0.4, 0.5) is 0 Å². The number of hydrogen-bond donors (Lipinski definition) is 1. The van der Waals surface area contributed by atoms with Gasteiger partial charge in [0.2, 0.25) is 0 Å². The van der Waals surface area contributed by atoms with Gasteiger partial charge in [-0.2, -0.15) is 0 Å². The van der Waals surface area contributed by atoms with E-state index in [0.717, 1.165) is 29.9 Å². The zero-order chi connectivity index (χ0) is 12.5. The molecule has 17 heavy (non-hydrogen) atoms. The smallest absolute Gasteiger partial charge is 0.128 e. The number of fused-ring (bicyclic) bond motifs is 1. The molecule has 0 spiro atoms. The minimum absolute atomic E-state index is 0.0550. The minimum atomic E-state index is -0.156. The van der Waals surface area contributed by atoms with E-state index >= 15 is 0 Å². The standard InChI is InChI=1S/C14H21NO2/c1-4-14(3)9-12(15)11-7-6-10(16-5-2)8-13(11)17-14/h6-8,12H,4-5,9,15H2,1-3H3. The molecule has 3 heteroatoms. The second-order valence-electron chi connectivity index (χ2n) is 4.85. The van der Waals surface area contributed by atoms with E-state index in [0.29, 0.717) is 6.61 Å². The van der Waals surface area contributed by atoms with Gasteiger partial charge in [0.15, 0.2) is 0 Å². The molecule has 3 nitrogen and oxygen atoms in total. The van der Waals surface area contributed by atoms with Gasteiger partial charge in [-0.3, -0.25) is 0 Å². The quantitative estimate of drug-likeness (QED) is 0.875. The molecule has 0 saturated heterocycles. The van der Waals surface area contributed by atoms with Crippen molar-refractivity contribution in [1.29, 1.82) is 0 Å². The SMILES string of the molecule is CCOc1ccc2c(c1)OC(C)(CC)CC2N. The summed E-state index contributed by atoms with van der Waals surface area (Å²) >= 11 is 0. The van der Waals surface area contributed by atoms with Crippen LogP contribution in [0.15, 0.2) is 18.2 Å². The van der Waals surface area contributed by atoms with Crippen LogP contribution >= 0.6 is 0 Å². The van der Waals surface area contributed by atoms with Gasteiger partial charge < -0.3 is 15.2 Å². The van der Waals surface area contributed by atoms with Crippen LogP contribution in [0.1, 0.15) is 45.2 Å². The van der Waals surface area contributed by atoms with E-state index in [4.69, 9.17) is 15.2 Å². The molecule has 1 heterocycles. The van der Waals surface area contributed by atoms with E-state index in [-0.39, 0.29) is 11.6 Å². The number of rotatable bonds is 3. The van der Waals surface area contributed by atoms with Crippen LogP contribution in [-0.2, 0) is 0 Å². The first kappa shape index (κ1) is 12.2. The van der Waals surface area contributed by atoms with Crippen LogP contribution in [0.2, 0.25) is 0 Å². The van der Waals surface area contributed by atoms with Crippen molar-refractivity contribution in [2.24, 2.45) is 5.73 Å². The van der Waals surface area contributed by atoms with Crippen molar-refractivity contribution < 1.29 is 9.47 Å². The molecule has 0 aromatic heterocycles. The Morgan fingerprint density at radius 2 is 2.24 bits per heavy atom. The Labute approximate surface area is 103 Å². The second kappa shape index (κ2) is 4.57. The fourth-order valence-electron chi connectivity index (χ4n) is 2.26. The zero-order valence-corrected chi connectivity index (χ0v) is 10.8. The van der Waals surface area contributed by atoms with E-state index in [1.54, 1.807) is 0 Å². The molecular formula is C14H21NO2. The van der Waals surface area contributed by atoms with Crippen molar-refractivity contribution in [3.8, 4) is 11.5 Å². The van der Waals surface area contributed by atoms with Gasteiger partial charge in [0.1, 0.15) is 17.1 Å². The Morgan fingerprint density at radius 1 is 1.47 bits per heavy atom. The molecule has 2 rings (SSSR count). The molecule has 0 saturated carbocycles. The van der Waals surface area contributed by atoms with Crippen LogP contribution in [0, 0.1) is 0 Å². The highest BCUT2D eigenvalue weighted by molar-refractivity contribution is 5.44. The minimum Gasteiger partial charge on any atom is -0.494 e. The number of nitrogens with two attached hydrogens (primary N) is 1. The van der Waals surface area contributed by atoms with Gasteiger partial charge in [0, 0.05) is 24.1 Å². The van der Waals surface area contributed by atoms with Gasteiger partial charge in [0.25, 0.3) is 0 Å². The summed E-state index contributed by atoms with van der Waals surface area (Å²) in [5.74, 6) is 1.72. The molecule has 2 unspecified atom stereocenters. The first-order valence-electron chi connectivity index (χ1n) is 6.29. The highest BCUT2D eigenvalue weighted by Crippen LogP contribution is 2.41. The Balaban J connectivity index is 2.33. The first-order valence-corrected chi connectivity index (χ1v) is 6.29. The first-order chi connectivity index (χ1) is 8.08. The Hall–Kier alpha value is -1.22. The lowest BCUT2D eigenvalue weighted by Gasteiger charge is -2.38. The third-order valence-corrected chi connectivity index (χ3v) is 3.45. The molecule has 1 aromatic carbocycles. The van der Waals surface area contributed by atoms with Crippen LogP contribution in [0.5, 0.6) is 11.5 Å². The fraction of sp³-hybridized carbons (Fsp3) is 0.571. The lowest BCUT2D eigenvalue weighted by atomic mass is 9.87. The highest BCUT2D eigenvalue weighted by atomic mass is 16.5. The van der Waals surface area contributed by atoms with Crippen LogP contribution in [0.25, 0.3) is 0 Å². The third-order valence-electron chi connectivity index (χ3n) is 3.45. The summed E-state index contributed by atoms with van der Waals surface area (Å²) in [5.41, 5.74) is 7.13. The summed E-state index contributed by atoms with van der Waals surface area (Å²) in [6.07, 6.45) is 1.82. The Kier molecular flexibility index (Phi) is 3.29. The molecule has 2 N–H and O–H groups in total. The maximum atomic E-state index is 6.20. The Morgan fingerprint density at radius 3 is 2.88 bits per heavy atom. The summed E-state index contributed by atoms with van der Waals surface area (Å²) in [6, 6.07) is 5.98. The predicted molar refractivity (Wildman–Crippen MR) is 68.5 cm³/mol. The third kappa shape index (κ3) is 2.39. The average molecular weight is 235 g/mol. The molecule has 1 aliphatic heterocycles. The van der Waals surface area contributed by atoms with Crippen LogP contribution < -0.4 is 15.2 Å². The van der Waals surface area contributed by atoms with Crippen molar-refractivity contribution in [2.45, 2.75) is 45.3 Å². The normalized spacial score (nSPS) is 27.2. The van der Waals surface area contributed by atoms with E-state index in [1.807, 2.05) is 25.1 Å². The van der Waals surface area contributed by atoms with Gasteiger partial charge in [-0.05, 0) is 26.3 Å². The van der Waals surface area contributed by atoms with Crippen molar-refractivity contribution >= 4 is 0 Å². The van der Waals surface area contributed by atoms with Crippen LogP contribution in [-0.4, -0.2) is 12.2 Å². The molecule has 1 aliphatic rings. The van der Waals surface area contributed by atoms with E-state index < -0.39 is 0 Å². The fourth-order valence-corrected chi connectivity index (χ4v) is 2.26. The molecule has 0 bridgehead atoms. The van der Waals surface area contributed by atoms with Gasteiger partial charge in [-0.1, -0.05) is 13.0 Å². The monoisotopic (exact) mass is 235 g/mol. The average Bonchev–Trinajstić information content (AvgIpc) is 2.29. The number of hydrogen-bond acceptors (Lipinski definition) is 3. The second-order valence-corrected chi connectivity index (χ2v) is 4.85. The van der Waals surface area contributed by atoms with E-state index in [9.17, 15) is 0 Å². The summed E-state index contributed by atoms with van der Waals surface area (Å²) < 4.78 is 11.6. The molecule has 0 amide bonds. The molecule has 94 valence electrons. The lowest BCUT2D eigenvalue weighted by Crippen LogP contribution is -2.39. The summed E-state index contributed by atoms with van der Waals surface area (Å²) in [7, 11) is 0. The zero-order valence-electron chi connectivity index (χ0n) is 10.8. The largest absolute Gasteiger partial charge is 0.494 e. The summed E-state index contributed by atoms with van der Waals surface area (Å²) in [6.45, 7) is 6.88. The van der Waals surface area contributed by atoms with E-state index in [2.05, 4.69) is 13.8 Å². The maximum absolute atomic E-state index is 6.20. The molecule has 0 aliphatic carbocycles. The van der Waals surface area contributed by atoms with Crippen molar-refractivity contribution in [3.63, 3.8) is 0 Å². The van der Waals surface area contributed by atoms with Crippen molar-refractivity contribution in [3.05, 3.63) is 23.8 Å².